The number of aromatic hydroxyl groups is 1. The number of phenolic OH excluding ortho intramolecular Hbond substituents is 1. The Bertz CT molecular complexity index is 713. The molecule has 1 aromatic carbocycles. The Morgan fingerprint density at radius 1 is 1.23 bits per heavy atom. The molecule has 0 spiro atoms. The van der Waals surface area contributed by atoms with Gasteiger partial charge in [0.15, 0.2) is 5.78 Å². The van der Waals surface area contributed by atoms with Gasteiger partial charge in [0.05, 0.1) is 0 Å². The minimum Gasteiger partial charge on any atom is -0.508 e. The smallest absolute Gasteiger partial charge is 0.329 e. The molecule has 114 valence electrons. The molecule has 0 bridgehead atoms. The summed E-state index contributed by atoms with van der Waals surface area (Å²) in [5, 5.41) is 26.9. The summed E-state index contributed by atoms with van der Waals surface area (Å²) in [7, 11) is 0. The third-order valence-electron chi connectivity index (χ3n) is 2.94. The van der Waals surface area contributed by atoms with E-state index in [0.717, 1.165) is 0 Å². The van der Waals surface area contributed by atoms with Crippen molar-refractivity contribution in [3.63, 3.8) is 0 Å². The number of ketones is 1. The highest BCUT2D eigenvalue weighted by Gasteiger charge is 2.22. The van der Waals surface area contributed by atoms with Gasteiger partial charge in [-0.3, -0.25) is 9.59 Å². The van der Waals surface area contributed by atoms with E-state index in [9.17, 15) is 19.5 Å². The number of ether oxygens (including phenoxy) is 1. The second kappa shape index (κ2) is 6.13. The largest absolute Gasteiger partial charge is 0.508 e. The zero-order valence-electron chi connectivity index (χ0n) is 11.3. The molecule has 1 aromatic rings. The summed E-state index contributed by atoms with van der Waals surface area (Å²) >= 11 is 0. The van der Waals surface area contributed by atoms with E-state index >= 15 is 0 Å². The summed E-state index contributed by atoms with van der Waals surface area (Å²) in [6, 6.07) is 4.35. The lowest BCUT2D eigenvalue weighted by molar-refractivity contribution is -0.139. The maximum atomic E-state index is 11.9. The Morgan fingerprint density at radius 3 is 2.59 bits per heavy atom. The van der Waals surface area contributed by atoms with Crippen LogP contribution in [0, 0.1) is 0 Å². The van der Waals surface area contributed by atoms with Gasteiger partial charge in [0.1, 0.15) is 24.5 Å². The molecule has 0 aliphatic carbocycles. The first-order valence-corrected chi connectivity index (χ1v) is 6.23. The zero-order valence-corrected chi connectivity index (χ0v) is 11.3. The van der Waals surface area contributed by atoms with Crippen molar-refractivity contribution in [3.05, 3.63) is 41.0 Å². The van der Waals surface area contributed by atoms with E-state index in [-0.39, 0.29) is 23.5 Å². The zero-order chi connectivity index (χ0) is 16.3. The molecule has 0 amide bonds. The van der Waals surface area contributed by atoms with Crippen LogP contribution in [0.3, 0.4) is 0 Å². The predicted molar refractivity (Wildman–Crippen MR) is 74.6 cm³/mol. The topological polar surface area (TPSA) is 121 Å². The van der Waals surface area contributed by atoms with Crippen LogP contribution in [0.15, 0.2) is 35.4 Å². The molecule has 3 N–H and O–H groups in total. The van der Waals surface area contributed by atoms with Crippen molar-refractivity contribution in [1.29, 1.82) is 0 Å². The first kappa shape index (κ1) is 15.3. The van der Waals surface area contributed by atoms with Gasteiger partial charge in [-0.25, -0.2) is 4.79 Å². The van der Waals surface area contributed by atoms with Crippen LogP contribution in [0.4, 0.5) is 0 Å². The molecule has 0 fully saturated rings. The Balaban J connectivity index is 2.41. The van der Waals surface area contributed by atoms with Crippen LogP contribution in [0.1, 0.15) is 12.0 Å². The van der Waals surface area contributed by atoms with Crippen LogP contribution in [0.25, 0.3) is 6.08 Å². The number of rotatable bonds is 5. The average molecular weight is 304 g/mol. The third-order valence-corrected chi connectivity index (χ3v) is 2.94. The maximum absolute atomic E-state index is 11.9. The number of carboxylic acids is 2. The fourth-order valence-corrected chi connectivity index (χ4v) is 2.02. The number of hydrogen-bond donors (Lipinski definition) is 3. The molecule has 7 nitrogen and oxygen atoms in total. The van der Waals surface area contributed by atoms with Crippen LogP contribution < -0.4 is 4.74 Å². The van der Waals surface area contributed by atoms with Crippen molar-refractivity contribution in [2.75, 3.05) is 6.61 Å². The molecule has 7 heteroatoms. The van der Waals surface area contributed by atoms with Crippen molar-refractivity contribution in [3.8, 4) is 11.5 Å². The van der Waals surface area contributed by atoms with Gasteiger partial charge in [-0.15, -0.1) is 0 Å². The summed E-state index contributed by atoms with van der Waals surface area (Å²) in [4.78, 5) is 33.4. The minimum absolute atomic E-state index is 0.0128. The van der Waals surface area contributed by atoms with E-state index in [0.29, 0.717) is 17.4 Å². The minimum atomic E-state index is -1.36. The Kier molecular flexibility index (Phi) is 4.26. The van der Waals surface area contributed by atoms with E-state index in [2.05, 4.69) is 0 Å². The van der Waals surface area contributed by atoms with Gasteiger partial charge in [0.2, 0.25) is 0 Å². The number of phenols is 1. The Labute approximate surface area is 124 Å². The van der Waals surface area contributed by atoms with E-state index in [1.54, 1.807) is 6.07 Å². The second-order valence-electron chi connectivity index (χ2n) is 4.57. The van der Waals surface area contributed by atoms with Crippen LogP contribution in [-0.2, 0) is 14.4 Å². The highest BCUT2D eigenvalue weighted by molar-refractivity contribution is 6.11. The highest BCUT2D eigenvalue weighted by atomic mass is 16.5. The van der Waals surface area contributed by atoms with Crippen LogP contribution in [0.5, 0.6) is 11.5 Å². The molecule has 22 heavy (non-hydrogen) atoms. The molecule has 0 saturated carbocycles. The lowest BCUT2D eigenvalue weighted by Gasteiger charge is -2.19. The summed E-state index contributed by atoms with van der Waals surface area (Å²) < 4.78 is 5.37. The lowest BCUT2D eigenvalue weighted by atomic mass is 9.96. The average Bonchev–Trinajstić information content (AvgIpc) is 2.43. The summed E-state index contributed by atoms with van der Waals surface area (Å²) in [6.45, 7) is -0.0963. The normalized spacial score (nSPS) is 13.6. The monoisotopic (exact) mass is 304 g/mol. The Morgan fingerprint density at radius 2 is 1.95 bits per heavy atom. The van der Waals surface area contributed by atoms with Crippen LogP contribution >= 0.6 is 0 Å². The molecule has 0 saturated heterocycles. The van der Waals surface area contributed by atoms with Crippen molar-refractivity contribution in [1.82, 2.24) is 0 Å². The standard InChI is InChI=1S/C15H12O7/c16-10-2-1-8-3-9(7-22-13(8)4-10)11(5-14(18)19)12(17)6-15(20)21/h1-5,16H,6-7H2,(H,18,19)(H,20,21)/b11-5-. The van der Waals surface area contributed by atoms with E-state index in [1.807, 2.05) is 0 Å². The number of hydrogen-bond acceptors (Lipinski definition) is 5. The number of carbonyl (C=O) groups excluding carboxylic acids is 1. The molecule has 1 heterocycles. The molecule has 0 radical (unpaired) electrons. The highest BCUT2D eigenvalue weighted by Crippen LogP contribution is 2.32. The summed E-state index contributed by atoms with van der Waals surface area (Å²) in [5.74, 6) is -3.11. The third kappa shape index (κ3) is 3.51. The lowest BCUT2D eigenvalue weighted by Crippen LogP contribution is -2.17. The quantitative estimate of drug-likeness (QED) is 0.552. The molecule has 0 aromatic heterocycles. The van der Waals surface area contributed by atoms with Gasteiger partial charge in [-0.05, 0) is 18.2 Å². The molecular weight excluding hydrogens is 292 g/mol. The summed E-state index contributed by atoms with van der Waals surface area (Å²) in [5.41, 5.74) is 0.610. The van der Waals surface area contributed by atoms with Gasteiger partial charge in [-0.2, -0.15) is 0 Å². The SMILES string of the molecule is O=C(O)/C=C(\C(=O)CC(=O)O)C1=Cc2ccc(O)cc2OC1. The van der Waals surface area contributed by atoms with Gasteiger partial charge >= 0.3 is 11.9 Å². The predicted octanol–water partition coefficient (Wildman–Crippen LogP) is 1.22. The van der Waals surface area contributed by atoms with Crippen molar-refractivity contribution in [2.24, 2.45) is 0 Å². The fourth-order valence-electron chi connectivity index (χ4n) is 2.02. The summed E-state index contributed by atoms with van der Waals surface area (Å²) in [6.07, 6.45) is 1.40. The van der Waals surface area contributed by atoms with Crippen LogP contribution in [0.2, 0.25) is 0 Å². The molecule has 0 atom stereocenters. The van der Waals surface area contributed by atoms with E-state index in [4.69, 9.17) is 14.9 Å². The molecule has 0 unspecified atom stereocenters. The Hall–Kier alpha value is -3.09. The molecular formula is C15H12O7. The first-order chi connectivity index (χ1) is 10.4. The van der Waals surface area contributed by atoms with Crippen molar-refractivity contribution < 1.29 is 34.4 Å². The van der Waals surface area contributed by atoms with E-state index in [1.165, 1.54) is 18.2 Å². The molecule has 1 aliphatic rings. The fraction of sp³-hybridized carbons (Fsp3) is 0.133. The van der Waals surface area contributed by atoms with Gasteiger partial charge in [0.25, 0.3) is 0 Å². The molecule has 1 aliphatic heterocycles. The number of Topliss-reactive ketones (excluding diaryl/α,β-unsaturated/α-hetero) is 1. The number of benzene rings is 1. The van der Waals surface area contributed by atoms with Gasteiger partial charge < -0.3 is 20.1 Å². The number of aliphatic carboxylic acids is 2. The van der Waals surface area contributed by atoms with Crippen LogP contribution in [-0.4, -0.2) is 39.6 Å². The number of carboxylic acid groups (broad SMARTS) is 2. The van der Waals surface area contributed by atoms with Gasteiger partial charge in [0, 0.05) is 28.9 Å². The van der Waals surface area contributed by atoms with Crippen molar-refractivity contribution >= 4 is 23.8 Å². The first-order valence-electron chi connectivity index (χ1n) is 6.23. The molecule has 2 rings (SSSR count). The maximum Gasteiger partial charge on any atom is 0.329 e. The van der Waals surface area contributed by atoms with E-state index < -0.39 is 24.1 Å². The van der Waals surface area contributed by atoms with Gasteiger partial charge in [-0.1, -0.05) is 0 Å². The number of carbonyl (C=O) groups is 3. The van der Waals surface area contributed by atoms with Crippen molar-refractivity contribution in [2.45, 2.75) is 6.42 Å². The second-order valence-corrected chi connectivity index (χ2v) is 4.57. The number of fused-ring (bicyclic) bond motifs is 1.